The van der Waals surface area contributed by atoms with Crippen molar-refractivity contribution in [1.29, 1.82) is 0 Å². The van der Waals surface area contributed by atoms with Gasteiger partial charge in [0.1, 0.15) is 0 Å². The van der Waals surface area contributed by atoms with E-state index in [-0.39, 0.29) is 17.7 Å². The summed E-state index contributed by atoms with van der Waals surface area (Å²) >= 11 is 0. The number of carbonyl (C=O) groups excluding carboxylic acids is 3. The maximum atomic E-state index is 12.6. The molecule has 3 rings (SSSR count). The molecule has 3 amide bonds. The molecule has 0 radical (unpaired) electrons. The number of carbonyl (C=O) groups is 3. The fourth-order valence-corrected chi connectivity index (χ4v) is 3.57. The Bertz CT molecular complexity index is 1170. The number of hydrogen-bond donors (Lipinski definition) is 2. The lowest BCUT2D eigenvalue weighted by atomic mass is 10.1. The van der Waals surface area contributed by atoms with Crippen molar-refractivity contribution in [2.75, 3.05) is 44.4 Å². The van der Waals surface area contributed by atoms with Crippen LogP contribution in [0.5, 0.6) is 0 Å². The van der Waals surface area contributed by atoms with Gasteiger partial charge in [0, 0.05) is 63.7 Å². The number of benzene rings is 3. The highest BCUT2D eigenvalue weighted by molar-refractivity contribution is 6.05. The van der Waals surface area contributed by atoms with Crippen molar-refractivity contribution in [3.8, 4) is 0 Å². The predicted molar refractivity (Wildman–Crippen MR) is 145 cm³/mol. The first-order valence-corrected chi connectivity index (χ1v) is 12.0. The van der Waals surface area contributed by atoms with E-state index >= 15 is 0 Å². The van der Waals surface area contributed by atoms with Gasteiger partial charge in [0.05, 0.1) is 0 Å². The topological polar surface area (TPSA) is 81.8 Å². The van der Waals surface area contributed by atoms with Crippen LogP contribution in [0.15, 0.2) is 72.8 Å². The molecule has 0 unspecified atom stereocenters. The van der Waals surface area contributed by atoms with E-state index in [1.807, 2.05) is 43.3 Å². The Kier molecular flexibility index (Phi) is 9.22. The lowest BCUT2D eigenvalue weighted by molar-refractivity contribution is -0.127. The van der Waals surface area contributed by atoms with E-state index in [9.17, 15) is 14.4 Å². The molecule has 36 heavy (non-hydrogen) atoms. The van der Waals surface area contributed by atoms with Crippen LogP contribution in [-0.4, -0.2) is 56.9 Å². The van der Waals surface area contributed by atoms with Crippen molar-refractivity contribution in [2.24, 2.45) is 0 Å². The monoisotopic (exact) mass is 486 g/mol. The van der Waals surface area contributed by atoms with E-state index in [0.29, 0.717) is 29.9 Å². The van der Waals surface area contributed by atoms with Gasteiger partial charge in [-0.3, -0.25) is 14.4 Å². The first-order valence-electron chi connectivity index (χ1n) is 12.0. The molecule has 7 nitrogen and oxygen atoms in total. The highest BCUT2D eigenvalue weighted by atomic mass is 16.2. The van der Waals surface area contributed by atoms with Gasteiger partial charge in [0.15, 0.2) is 0 Å². The summed E-state index contributed by atoms with van der Waals surface area (Å²) < 4.78 is 0. The molecule has 0 saturated heterocycles. The van der Waals surface area contributed by atoms with Crippen molar-refractivity contribution in [3.63, 3.8) is 0 Å². The lowest BCUT2D eigenvalue weighted by Gasteiger charge is -2.14. The summed E-state index contributed by atoms with van der Waals surface area (Å²) in [4.78, 5) is 40.1. The van der Waals surface area contributed by atoms with Crippen molar-refractivity contribution in [1.82, 2.24) is 10.2 Å². The SMILES string of the molecule is CC(=O)N(C)CCc1ccc(NC(=O)c2ccc(C(=O)NCCc3ccc(N(C)C)cc3)cc2)cc1. The average molecular weight is 487 g/mol. The molecule has 0 heterocycles. The fourth-order valence-electron chi connectivity index (χ4n) is 3.57. The van der Waals surface area contributed by atoms with Gasteiger partial charge in [-0.05, 0) is 72.5 Å². The summed E-state index contributed by atoms with van der Waals surface area (Å²) in [5, 5.41) is 5.80. The number of nitrogens with one attached hydrogen (secondary N) is 2. The number of rotatable bonds is 10. The van der Waals surface area contributed by atoms with Gasteiger partial charge in [0.25, 0.3) is 11.8 Å². The molecule has 0 spiro atoms. The molecule has 3 aromatic carbocycles. The maximum absolute atomic E-state index is 12.6. The Labute approximate surface area is 213 Å². The Hall–Kier alpha value is -4.13. The molecular weight excluding hydrogens is 452 g/mol. The van der Waals surface area contributed by atoms with Gasteiger partial charge in [-0.2, -0.15) is 0 Å². The number of hydrogen-bond acceptors (Lipinski definition) is 4. The van der Waals surface area contributed by atoms with Crippen LogP contribution in [0, 0.1) is 0 Å². The van der Waals surface area contributed by atoms with E-state index < -0.39 is 0 Å². The van der Waals surface area contributed by atoms with Gasteiger partial charge in [0.2, 0.25) is 5.91 Å². The minimum Gasteiger partial charge on any atom is -0.378 e. The summed E-state index contributed by atoms with van der Waals surface area (Å²) in [5.74, 6) is -0.376. The molecule has 0 saturated carbocycles. The Morgan fingerprint density at radius 3 is 1.78 bits per heavy atom. The van der Waals surface area contributed by atoms with Crippen LogP contribution in [0.2, 0.25) is 0 Å². The minimum absolute atomic E-state index is 0.0355. The third-order valence-electron chi connectivity index (χ3n) is 6.05. The van der Waals surface area contributed by atoms with Crippen LogP contribution in [0.3, 0.4) is 0 Å². The molecule has 188 valence electrons. The second kappa shape index (κ2) is 12.5. The smallest absolute Gasteiger partial charge is 0.255 e. The highest BCUT2D eigenvalue weighted by Crippen LogP contribution is 2.14. The zero-order valence-electron chi connectivity index (χ0n) is 21.4. The van der Waals surface area contributed by atoms with Crippen LogP contribution in [-0.2, 0) is 17.6 Å². The molecular formula is C29H34N4O3. The van der Waals surface area contributed by atoms with Crippen molar-refractivity contribution in [3.05, 3.63) is 95.1 Å². The first kappa shape index (κ1) is 26.5. The summed E-state index contributed by atoms with van der Waals surface area (Å²) in [6.45, 7) is 2.72. The molecule has 3 aromatic rings. The zero-order chi connectivity index (χ0) is 26.1. The second-order valence-corrected chi connectivity index (χ2v) is 8.99. The summed E-state index contributed by atoms with van der Waals surface area (Å²) in [7, 11) is 5.78. The van der Waals surface area contributed by atoms with E-state index in [2.05, 4.69) is 34.9 Å². The average Bonchev–Trinajstić information content (AvgIpc) is 2.88. The van der Waals surface area contributed by atoms with Crippen LogP contribution in [0.4, 0.5) is 11.4 Å². The van der Waals surface area contributed by atoms with Crippen LogP contribution in [0.25, 0.3) is 0 Å². The van der Waals surface area contributed by atoms with Crippen molar-refractivity contribution >= 4 is 29.1 Å². The van der Waals surface area contributed by atoms with Gasteiger partial charge < -0.3 is 20.4 Å². The summed E-state index contributed by atoms with van der Waals surface area (Å²) in [6.07, 6.45) is 1.49. The Morgan fingerprint density at radius 2 is 1.22 bits per heavy atom. The predicted octanol–water partition coefficient (Wildman–Crippen LogP) is 4.00. The van der Waals surface area contributed by atoms with Crippen molar-refractivity contribution < 1.29 is 14.4 Å². The fraction of sp³-hybridized carbons (Fsp3) is 0.276. The molecule has 0 atom stereocenters. The number of amides is 3. The molecule has 0 bridgehead atoms. The van der Waals surface area contributed by atoms with Crippen LogP contribution >= 0.6 is 0 Å². The van der Waals surface area contributed by atoms with Gasteiger partial charge in [-0.1, -0.05) is 24.3 Å². The molecule has 0 aliphatic heterocycles. The van der Waals surface area contributed by atoms with Crippen molar-refractivity contribution in [2.45, 2.75) is 19.8 Å². The molecule has 0 fully saturated rings. The standard InChI is InChI=1S/C29H34N4O3/c1-21(34)33(4)20-18-23-5-13-26(14-6-23)31-29(36)25-11-9-24(10-12-25)28(35)30-19-17-22-7-15-27(16-8-22)32(2)3/h5-16H,17-20H2,1-4H3,(H,30,35)(H,31,36). The third kappa shape index (κ3) is 7.70. The highest BCUT2D eigenvalue weighted by Gasteiger charge is 2.10. The quantitative estimate of drug-likeness (QED) is 0.454. The third-order valence-corrected chi connectivity index (χ3v) is 6.05. The molecule has 0 aliphatic rings. The lowest BCUT2D eigenvalue weighted by Crippen LogP contribution is -2.26. The molecule has 0 aromatic heterocycles. The van der Waals surface area contributed by atoms with E-state index in [4.69, 9.17) is 0 Å². The molecule has 7 heteroatoms. The Balaban J connectivity index is 1.46. The minimum atomic E-state index is -0.243. The number of anilines is 2. The van der Waals surface area contributed by atoms with E-state index in [1.54, 1.807) is 43.1 Å². The summed E-state index contributed by atoms with van der Waals surface area (Å²) in [6, 6.07) is 22.4. The van der Waals surface area contributed by atoms with Gasteiger partial charge in [-0.25, -0.2) is 0 Å². The van der Waals surface area contributed by atoms with Crippen LogP contribution in [0.1, 0.15) is 38.8 Å². The zero-order valence-corrected chi connectivity index (χ0v) is 21.4. The normalized spacial score (nSPS) is 10.4. The second-order valence-electron chi connectivity index (χ2n) is 8.99. The molecule has 2 N–H and O–H groups in total. The molecule has 0 aliphatic carbocycles. The largest absolute Gasteiger partial charge is 0.378 e. The van der Waals surface area contributed by atoms with Gasteiger partial charge >= 0.3 is 0 Å². The van der Waals surface area contributed by atoms with Gasteiger partial charge in [-0.15, -0.1) is 0 Å². The first-order chi connectivity index (χ1) is 17.2. The van der Waals surface area contributed by atoms with Crippen LogP contribution < -0.4 is 15.5 Å². The Morgan fingerprint density at radius 1 is 0.694 bits per heavy atom. The maximum Gasteiger partial charge on any atom is 0.255 e. The number of nitrogens with zero attached hydrogens (tertiary/aromatic N) is 2. The number of likely N-dealkylation sites (N-methyl/N-ethyl adjacent to an activating group) is 1. The summed E-state index contributed by atoms with van der Waals surface area (Å²) in [5.41, 5.74) is 5.04. The van der Waals surface area contributed by atoms with E-state index in [0.717, 1.165) is 29.7 Å². The van der Waals surface area contributed by atoms with E-state index in [1.165, 1.54) is 0 Å².